The Balaban J connectivity index is 1.99. The summed E-state index contributed by atoms with van der Waals surface area (Å²) in [5.74, 6) is 0.645. The molecule has 13 heavy (non-hydrogen) atoms. The molecule has 1 N–H and O–H groups in total. The van der Waals surface area contributed by atoms with Crippen molar-refractivity contribution >= 4 is 0 Å². The Morgan fingerprint density at radius 3 is 2.62 bits per heavy atom. The van der Waals surface area contributed by atoms with E-state index in [1.54, 1.807) is 0 Å². The third-order valence-corrected chi connectivity index (χ3v) is 3.19. The SMILES string of the molecule is CC1(C)CCC(c2cn[nH]n2)CC1. The van der Waals surface area contributed by atoms with Gasteiger partial charge in [-0.25, -0.2) is 0 Å². The first-order valence-corrected chi connectivity index (χ1v) is 5.03. The third-order valence-electron chi connectivity index (χ3n) is 3.19. The molecular weight excluding hydrogens is 162 g/mol. The molecule has 3 heteroatoms. The van der Waals surface area contributed by atoms with Crippen LogP contribution in [0.25, 0.3) is 0 Å². The van der Waals surface area contributed by atoms with Crippen molar-refractivity contribution in [2.75, 3.05) is 0 Å². The van der Waals surface area contributed by atoms with Crippen molar-refractivity contribution in [3.8, 4) is 0 Å². The Morgan fingerprint density at radius 1 is 1.38 bits per heavy atom. The molecular formula is C10H17N3. The molecule has 0 amide bonds. The lowest BCUT2D eigenvalue weighted by molar-refractivity contribution is 0.222. The summed E-state index contributed by atoms with van der Waals surface area (Å²) in [6.07, 6.45) is 7.01. The van der Waals surface area contributed by atoms with Gasteiger partial charge in [-0.2, -0.15) is 15.4 Å². The predicted octanol–water partition coefficient (Wildman–Crippen LogP) is 2.49. The van der Waals surface area contributed by atoms with E-state index in [0.717, 1.165) is 5.69 Å². The Hall–Kier alpha value is -0.860. The topological polar surface area (TPSA) is 41.6 Å². The van der Waals surface area contributed by atoms with Gasteiger partial charge < -0.3 is 0 Å². The van der Waals surface area contributed by atoms with Crippen LogP contribution in [0.4, 0.5) is 0 Å². The third kappa shape index (κ3) is 1.90. The average Bonchev–Trinajstić information content (AvgIpc) is 2.56. The van der Waals surface area contributed by atoms with E-state index in [1.807, 2.05) is 6.20 Å². The number of hydrogen-bond donors (Lipinski definition) is 1. The fraction of sp³-hybridized carbons (Fsp3) is 0.800. The van der Waals surface area contributed by atoms with Crippen molar-refractivity contribution in [1.29, 1.82) is 0 Å². The zero-order chi connectivity index (χ0) is 9.31. The Labute approximate surface area is 78.9 Å². The molecule has 0 atom stereocenters. The molecule has 3 nitrogen and oxygen atoms in total. The summed E-state index contributed by atoms with van der Waals surface area (Å²) in [5.41, 5.74) is 1.69. The van der Waals surface area contributed by atoms with Crippen LogP contribution in [0.15, 0.2) is 6.20 Å². The zero-order valence-electron chi connectivity index (χ0n) is 8.38. The first-order valence-electron chi connectivity index (χ1n) is 5.03. The molecule has 0 saturated heterocycles. The number of rotatable bonds is 1. The van der Waals surface area contributed by atoms with Gasteiger partial charge in [-0.05, 0) is 31.1 Å². The lowest BCUT2D eigenvalue weighted by atomic mass is 9.72. The Kier molecular flexibility index (Phi) is 2.10. The quantitative estimate of drug-likeness (QED) is 0.719. The van der Waals surface area contributed by atoms with E-state index in [2.05, 4.69) is 29.3 Å². The van der Waals surface area contributed by atoms with Gasteiger partial charge in [0.25, 0.3) is 0 Å². The number of aromatic nitrogens is 3. The molecule has 0 aromatic carbocycles. The molecule has 72 valence electrons. The summed E-state index contributed by atoms with van der Waals surface area (Å²) in [6.45, 7) is 4.71. The normalized spacial score (nSPS) is 23.2. The maximum absolute atomic E-state index is 4.15. The monoisotopic (exact) mass is 179 g/mol. The van der Waals surface area contributed by atoms with Crippen molar-refractivity contribution in [1.82, 2.24) is 15.4 Å². The molecule has 1 aliphatic rings. The fourth-order valence-electron chi connectivity index (χ4n) is 2.10. The number of aromatic amines is 1. The highest BCUT2D eigenvalue weighted by Crippen LogP contribution is 2.41. The molecule has 1 heterocycles. The van der Waals surface area contributed by atoms with Gasteiger partial charge in [-0.3, -0.25) is 0 Å². The van der Waals surface area contributed by atoms with Crippen molar-refractivity contribution in [3.05, 3.63) is 11.9 Å². The smallest absolute Gasteiger partial charge is 0.0855 e. The van der Waals surface area contributed by atoms with Crippen molar-refractivity contribution in [2.45, 2.75) is 45.4 Å². The zero-order valence-corrected chi connectivity index (χ0v) is 8.38. The Bertz CT molecular complexity index is 254. The molecule has 0 aliphatic heterocycles. The minimum absolute atomic E-state index is 0.542. The summed E-state index contributed by atoms with van der Waals surface area (Å²) in [4.78, 5) is 0. The van der Waals surface area contributed by atoms with Crippen LogP contribution in [-0.2, 0) is 0 Å². The van der Waals surface area contributed by atoms with Crippen LogP contribution >= 0.6 is 0 Å². The van der Waals surface area contributed by atoms with Gasteiger partial charge in [0.1, 0.15) is 0 Å². The van der Waals surface area contributed by atoms with Crippen LogP contribution in [0.2, 0.25) is 0 Å². The van der Waals surface area contributed by atoms with Gasteiger partial charge in [0.05, 0.1) is 11.9 Å². The summed E-state index contributed by atoms with van der Waals surface area (Å²) in [5, 5.41) is 10.7. The van der Waals surface area contributed by atoms with Gasteiger partial charge in [0.15, 0.2) is 0 Å². The van der Waals surface area contributed by atoms with Gasteiger partial charge >= 0.3 is 0 Å². The first-order chi connectivity index (χ1) is 6.17. The second kappa shape index (κ2) is 3.13. The van der Waals surface area contributed by atoms with E-state index in [9.17, 15) is 0 Å². The van der Waals surface area contributed by atoms with Crippen LogP contribution in [0.1, 0.15) is 51.1 Å². The standard InChI is InChI=1S/C10H17N3/c1-10(2)5-3-8(4-6-10)9-7-11-13-12-9/h7-8H,3-6H2,1-2H3,(H,11,12,13). The molecule has 0 spiro atoms. The van der Waals surface area contributed by atoms with Crippen molar-refractivity contribution < 1.29 is 0 Å². The van der Waals surface area contributed by atoms with Crippen LogP contribution in [0.3, 0.4) is 0 Å². The molecule has 2 rings (SSSR count). The second-order valence-electron chi connectivity index (χ2n) is 4.83. The number of nitrogens with zero attached hydrogens (tertiary/aromatic N) is 2. The van der Waals surface area contributed by atoms with Crippen LogP contribution in [0, 0.1) is 5.41 Å². The van der Waals surface area contributed by atoms with E-state index >= 15 is 0 Å². The fourth-order valence-corrected chi connectivity index (χ4v) is 2.10. The van der Waals surface area contributed by atoms with E-state index in [4.69, 9.17) is 0 Å². The number of hydrogen-bond acceptors (Lipinski definition) is 2. The molecule has 1 aliphatic carbocycles. The summed E-state index contributed by atoms with van der Waals surface area (Å²) >= 11 is 0. The maximum Gasteiger partial charge on any atom is 0.0855 e. The number of nitrogens with one attached hydrogen (secondary N) is 1. The minimum atomic E-state index is 0.542. The molecule has 0 radical (unpaired) electrons. The highest BCUT2D eigenvalue weighted by molar-refractivity contribution is 5.03. The predicted molar refractivity (Wildman–Crippen MR) is 51.4 cm³/mol. The largest absolute Gasteiger partial charge is 0.198 e. The van der Waals surface area contributed by atoms with Gasteiger partial charge in [0.2, 0.25) is 0 Å². The molecule has 1 aromatic heterocycles. The van der Waals surface area contributed by atoms with Crippen LogP contribution in [-0.4, -0.2) is 15.4 Å². The summed E-state index contributed by atoms with van der Waals surface area (Å²) in [7, 11) is 0. The molecule has 1 saturated carbocycles. The van der Waals surface area contributed by atoms with Gasteiger partial charge in [-0.15, -0.1) is 0 Å². The lowest BCUT2D eigenvalue weighted by Gasteiger charge is -2.33. The minimum Gasteiger partial charge on any atom is -0.198 e. The summed E-state index contributed by atoms with van der Waals surface area (Å²) in [6, 6.07) is 0. The number of H-pyrrole nitrogens is 1. The second-order valence-corrected chi connectivity index (χ2v) is 4.83. The van der Waals surface area contributed by atoms with Crippen LogP contribution < -0.4 is 0 Å². The van der Waals surface area contributed by atoms with Crippen LogP contribution in [0.5, 0.6) is 0 Å². The highest BCUT2D eigenvalue weighted by atomic mass is 15.3. The molecule has 1 aromatic rings. The van der Waals surface area contributed by atoms with E-state index in [1.165, 1.54) is 25.7 Å². The highest BCUT2D eigenvalue weighted by Gasteiger charge is 2.28. The van der Waals surface area contributed by atoms with Gasteiger partial charge in [-0.1, -0.05) is 13.8 Å². The molecule has 0 bridgehead atoms. The first kappa shape index (κ1) is 8.73. The maximum atomic E-state index is 4.15. The average molecular weight is 179 g/mol. The van der Waals surface area contributed by atoms with Gasteiger partial charge in [0, 0.05) is 5.92 Å². The lowest BCUT2D eigenvalue weighted by Crippen LogP contribution is -2.20. The van der Waals surface area contributed by atoms with Crippen molar-refractivity contribution in [2.24, 2.45) is 5.41 Å². The summed E-state index contributed by atoms with van der Waals surface area (Å²) < 4.78 is 0. The Morgan fingerprint density at radius 2 is 2.08 bits per heavy atom. The van der Waals surface area contributed by atoms with E-state index < -0.39 is 0 Å². The van der Waals surface area contributed by atoms with E-state index in [-0.39, 0.29) is 0 Å². The molecule has 0 unspecified atom stereocenters. The van der Waals surface area contributed by atoms with Crippen molar-refractivity contribution in [3.63, 3.8) is 0 Å². The van der Waals surface area contributed by atoms with E-state index in [0.29, 0.717) is 11.3 Å². The molecule has 1 fully saturated rings.